The van der Waals surface area contributed by atoms with E-state index < -0.39 is 5.82 Å². The number of hydrogen-bond donors (Lipinski definition) is 3. The zero-order valence-electron chi connectivity index (χ0n) is 9.71. The maximum absolute atomic E-state index is 13.1. The van der Waals surface area contributed by atoms with E-state index in [9.17, 15) is 4.39 Å². The van der Waals surface area contributed by atoms with Crippen LogP contribution in [0.1, 0.15) is 17.0 Å². The lowest BCUT2D eigenvalue weighted by Crippen LogP contribution is -2.01. The molecule has 3 N–H and O–H groups in total. The third-order valence-electron chi connectivity index (χ3n) is 2.70. The number of phenolic OH excluding ortho intramolecular Hbond substituents is 1. The Labute approximate surface area is 98.5 Å². The molecule has 0 unspecified atom stereocenters. The zero-order valence-corrected chi connectivity index (χ0v) is 9.71. The highest BCUT2D eigenvalue weighted by atomic mass is 19.1. The smallest absolute Gasteiger partial charge is 0.166 e. The van der Waals surface area contributed by atoms with Crippen LogP contribution >= 0.6 is 0 Å². The van der Waals surface area contributed by atoms with E-state index in [4.69, 9.17) is 5.11 Å². The maximum Gasteiger partial charge on any atom is 0.166 e. The third kappa shape index (κ3) is 2.38. The number of aromatic nitrogens is 2. The summed E-state index contributed by atoms with van der Waals surface area (Å²) in [5, 5.41) is 19.1. The monoisotopic (exact) mass is 235 g/mol. The van der Waals surface area contributed by atoms with Gasteiger partial charge in [-0.3, -0.25) is 5.10 Å². The highest BCUT2D eigenvalue weighted by Crippen LogP contribution is 2.20. The average Bonchev–Trinajstić information content (AvgIpc) is 2.61. The van der Waals surface area contributed by atoms with Crippen LogP contribution in [0.5, 0.6) is 5.75 Å². The van der Waals surface area contributed by atoms with Crippen molar-refractivity contribution in [3.8, 4) is 5.75 Å². The number of nitrogens with one attached hydrogen (secondary N) is 2. The number of hydrogen-bond acceptors (Lipinski definition) is 3. The van der Waals surface area contributed by atoms with Crippen LogP contribution in [0.4, 0.5) is 10.1 Å². The van der Waals surface area contributed by atoms with Gasteiger partial charge in [0.1, 0.15) is 0 Å². The first kappa shape index (κ1) is 11.4. The second-order valence-electron chi connectivity index (χ2n) is 3.93. The summed E-state index contributed by atoms with van der Waals surface area (Å²) < 4.78 is 13.1. The fourth-order valence-electron chi connectivity index (χ4n) is 1.64. The number of halogens is 1. The number of anilines is 1. The van der Waals surface area contributed by atoms with E-state index in [2.05, 4.69) is 15.5 Å². The van der Waals surface area contributed by atoms with Crippen LogP contribution in [-0.2, 0) is 6.54 Å². The van der Waals surface area contributed by atoms with Crippen molar-refractivity contribution < 1.29 is 9.50 Å². The molecule has 2 aromatic rings. The largest absolute Gasteiger partial charge is 0.505 e. The van der Waals surface area contributed by atoms with E-state index in [-0.39, 0.29) is 5.75 Å². The van der Waals surface area contributed by atoms with Crippen LogP contribution in [-0.4, -0.2) is 15.3 Å². The fourth-order valence-corrected chi connectivity index (χ4v) is 1.64. The van der Waals surface area contributed by atoms with Crippen LogP contribution < -0.4 is 5.32 Å². The van der Waals surface area contributed by atoms with Crippen molar-refractivity contribution in [1.82, 2.24) is 10.2 Å². The number of aromatic hydroxyl groups is 1. The highest BCUT2D eigenvalue weighted by molar-refractivity contribution is 5.47. The van der Waals surface area contributed by atoms with Crippen molar-refractivity contribution in [3.05, 3.63) is 41.0 Å². The molecule has 1 aromatic heterocycles. The number of aryl methyl sites for hydroxylation is 2. The van der Waals surface area contributed by atoms with Gasteiger partial charge in [-0.25, -0.2) is 4.39 Å². The van der Waals surface area contributed by atoms with Gasteiger partial charge < -0.3 is 10.4 Å². The van der Waals surface area contributed by atoms with Gasteiger partial charge >= 0.3 is 0 Å². The Hall–Kier alpha value is -2.04. The number of nitrogens with zero attached hydrogens (tertiary/aromatic N) is 1. The minimum atomic E-state index is -0.629. The maximum atomic E-state index is 13.1. The van der Waals surface area contributed by atoms with Gasteiger partial charge in [0.15, 0.2) is 11.6 Å². The SMILES string of the molecule is Cc1n[nH]c(C)c1CNc1ccc(O)c(F)c1. The molecule has 0 spiro atoms. The first-order chi connectivity index (χ1) is 8.08. The number of rotatable bonds is 3. The highest BCUT2D eigenvalue weighted by Gasteiger charge is 2.06. The van der Waals surface area contributed by atoms with E-state index in [0.717, 1.165) is 17.0 Å². The normalized spacial score (nSPS) is 10.5. The predicted molar refractivity (Wildman–Crippen MR) is 63.5 cm³/mol. The van der Waals surface area contributed by atoms with Gasteiger partial charge in [0.2, 0.25) is 0 Å². The summed E-state index contributed by atoms with van der Waals surface area (Å²) in [5.41, 5.74) is 3.61. The Morgan fingerprint density at radius 1 is 1.41 bits per heavy atom. The summed E-state index contributed by atoms with van der Waals surface area (Å²) >= 11 is 0. The van der Waals surface area contributed by atoms with Crippen molar-refractivity contribution in [2.24, 2.45) is 0 Å². The van der Waals surface area contributed by atoms with Crippen molar-refractivity contribution in [1.29, 1.82) is 0 Å². The van der Waals surface area contributed by atoms with Crippen LogP contribution in [0.15, 0.2) is 18.2 Å². The molecule has 0 aliphatic rings. The Morgan fingerprint density at radius 2 is 2.18 bits per heavy atom. The lowest BCUT2D eigenvalue weighted by Gasteiger charge is -2.07. The molecule has 2 rings (SSSR count). The molecule has 90 valence electrons. The summed E-state index contributed by atoms with van der Waals surface area (Å²) in [6, 6.07) is 4.22. The van der Waals surface area contributed by atoms with E-state index in [1.165, 1.54) is 12.1 Å². The predicted octanol–water partition coefficient (Wildman–Crippen LogP) is 2.48. The van der Waals surface area contributed by atoms with Crippen LogP contribution in [0.2, 0.25) is 0 Å². The van der Waals surface area contributed by atoms with Crippen LogP contribution in [0.25, 0.3) is 0 Å². The van der Waals surface area contributed by atoms with Crippen molar-refractivity contribution in [3.63, 3.8) is 0 Å². The van der Waals surface area contributed by atoms with Crippen LogP contribution in [0, 0.1) is 19.7 Å². The van der Waals surface area contributed by atoms with Gasteiger partial charge in [0, 0.05) is 29.6 Å². The fraction of sp³-hybridized carbons (Fsp3) is 0.250. The molecule has 0 aliphatic carbocycles. The summed E-state index contributed by atoms with van der Waals surface area (Å²) in [7, 11) is 0. The number of aromatic amines is 1. The lowest BCUT2D eigenvalue weighted by molar-refractivity contribution is 0.432. The molecule has 1 heterocycles. The second-order valence-corrected chi connectivity index (χ2v) is 3.93. The Bertz CT molecular complexity index is 517. The first-order valence-electron chi connectivity index (χ1n) is 5.30. The molecule has 0 radical (unpaired) electrons. The van der Waals surface area contributed by atoms with Crippen LogP contribution in [0.3, 0.4) is 0 Å². The summed E-state index contributed by atoms with van der Waals surface area (Å²) in [4.78, 5) is 0. The molecule has 0 saturated heterocycles. The molecule has 0 fully saturated rings. The Balaban J connectivity index is 2.10. The second kappa shape index (κ2) is 4.45. The topological polar surface area (TPSA) is 60.9 Å². The van der Waals surface area contributed by atoms with Gasteiger partial charge in [-0.15, -0.1) is 0 Å². The molecular formula is C12H14FN3O. The minimum absolute atomic E-state index is 0.341. The summed E-state index contributed by atoms with van der Waals surface area (Å²) in [5.74, 6) is -0.971. The summed E-state index contributed by atoms with van der Waals surface area (Å²) in [6.07, 6.45) is 0. The standard InChI is InChI=1S/C12H14FN3O/c1-7-10(8(2)16-15-7)6-14-9-3-4-12(17)11(13)5-9/h3-5,14,17H,6H2,1-2H3,(H,15,16). The molecule has 0 aliphatic heterocycles. The first-order valence-corrected chi connectivity index (χ1v) is 5.30. The molecular weight excluding hydrogens is 221 g/mol. The van der Waals surface area contributed by atoms with Gasteiger partial charge in [0.05, 0.1) is 5.69 Å². The van der Waals surface area contributed by atoms with Crippen molar-refractivity contribution >= 4 is 5.69 Å². The molecule has 0 atom stereocenters. The number of benzene rings is 1. The lowest BCUT2D eigenvalue weighted by atomic mass is 10.2. The molecule has 5 heteroatoms. The molecule has 0 bridgehead atoms. The van der Waals surface area contributed by atoms with Gasteiger partial charge in [-0.1, -0.05) is 0 Å². The van der Waals surface area contributed by atoms with E-state index in [0.29, 0.717) is 12.2 Å². The molecule has 4 nitrogen and oxygen atoms in total. The van der Waals surface area contributed by atoms with Crippen molar-refractivity contribution in [2.45, 2.75) is 20.4 Å². The molecule has 0 saturated carbocycles. The van der Waals surface area contributed by atoms with E-state index >= 15 is 0 Å². The number of phenols is 1. The van der Waals surface area contributed by atoms with Gasteiger partial charge in [0.25, 0.3) is 0 Å². The van der Waals surface area contributed by atoms with E-state index in [1.807, 2.05) is 13.8 Å². The zero-order chi connectivity index (χ0) is 12.4. The minimum Gasteiger partial charge on any atom is -0.505 e. The molecule has 1 aromatic carbocycles. The Kier molecular flexibility index (Phi) is 2.99. The third-order valence-corrected chi connectivity index (χ3v) is 2.70. The molecule has 17 heavy (non-hydrogen) atoms. The Morgan fingerprint density at radius 3 is 2.76 bits per heavy atom. The summed E-state index contributed by atoms with van der Waals surface area (Å²) in [6.45, 7) is 4.42. The van der Waals surface area contributed by atoms with Gasteiger partial charge in [-0.2, -0.15) is 5.10 Å². The van der Waals surface area contributed by atoms with Gasteiger partial charge in [-0.05, 0) is 26.0 Å². The quantitative estimate of drug-likeness (QED) is 0.716. The van der Waals surface area contributed by atoms with Crippen molar-refractivity contribution in [2.75, 3.05) is 5.32 Å². The number of H-pyrrole nitrogens is 1. The average molecular weight is 235 g/mol. The molecule has 0 amide bonds. The van der Waals surface area contributed by atoms with E-state index in [1.54, 1.807) is 6.07 Å².